The van der Waals surface area contributed by atoms with Gasteiger partial charge >= 0.3 is 11.9 Å². The molecule has 19 heteroatoms. The first-order valence-corrected chi connectivity index (χ1v) is 18.5. The summed E-state index contributed by atoms with van der Waals surface area (Å²) in [4.78, 5) is 27.0. The van der Waals surface area contributed by atoms with Gasteiger partial charge in [-0.2, -0.15) is 0 Å². The van der Waals surface area contributed by atoms with E-state index in [2.05, 4.69) is 0 Å². The fraction of sp³-hybridized carbons (Fsp3) is 0.579. The van der Waals surface area contributed by atoms with Crippen LogP contribution in [0.15, 0.2) is 77.3 Å². The molecule has 57 heavy (non-hydrogen) atoms. The highest BCUT2D eigenvalue weighted by Crippen LogP contribution is 2.46. The van der Waals surface area contributed by atoms with E-state index in [4.69, 9.17) is 37.9 Å². The molecule has 4 aliphatic heterocycles. The van der Waals surface area contributed by atoms with Crippen molar-refractivity contribution in [2.45, 2.75) is 92.9 Å². The molecule has 2 fully saturated rings. The van der Waals surface area contributed by atoms with Gasteiger partial charge in [0.15, 0.2) is 12.6 Å². The van der Waals surface area contributed by atoms with E-state index < -0.39 is 130 Å². The lowest BCUT2D eigenvalue weighted by molar-refractivity contribution is -0.339. The molecule has 16 atom stereocenters. The van der Waals surface area contributed by atoms with Crippen molar-refractivity contribution in [3.63, 3.8) is 0 Å². The lowest BCUT2D eigenvalue weighted by Crippen LogP contribution is -2.60. The summed E-state index contributed by atoms with van der Waals surface area (Å²) in [5, 5.41) is 91.8. The van der Waals surface area contributed by atoms with E-state index >= 15 is 0 Å². The summed E-state index contributed by atoms with van der Waals surface area (Å²) in [7, 11) is 0. The number of hydrogen-bond acceptors (Lipinski definition) is 19. The van der Waals surface area contributed by atoms with Crippen LogP contribution in [0.4, 0.5) is 0 Å². The van der Waals surface area contributed by atoms with Crippen LogP contribution in [0.25, 0.3) is 0 Å². The summed E-state index contributed by atoms with van der Waals surface area (Å²) in [5.41, 5.74) is 1.63. The molecule has 0 bridgehead atoms. The van der Waals surface area contributed by atoms with E-state index in [-0.39, 0.29) is 17.7 Å². The maximum Gasteiger partial charge on any atom is 0.338 e. The van der Waals surface area contributed by atoms with Crippen LogP contribution in [-0.4, -0.2) is 164 Å². The van der Waals surface area contributed by atoms with Crippen LogP contribution in [0.3, 0.4) is 0 Å². The minimum Gasteiger partial charge on any atom is -0.472 e. The summed E-state index contributed by atoms with van der Waals surface area (Å²) in [5.74, 6) is -3.64. The molecule has 0 saturated carbocycles. The highest BCUT2D eigenvalue weighted by Gasteiger charge is 2.52. The zero-order chi connectivity index (χ0) is 40.5. The molecule has 2 aliphatic carbocycles. The normalized spacial score (nSPS) is 39.9. The molecule has 9 N–H and O–H groups in total. The molecule has 0 unspecified atom stereocenters. The lowest BCUT2D eigenvalue weighted by atomic mass is 9.87. The molecule has 0 aromatic heterocycles. The Hall–Kier alpha value is -3.80. The van der Waals surface area contributed by atoms with Crippen molar-refractivity contribution in [1.29, 1.82) is 0 Å². The number of benzene rings is 1. The predicted molar refractivity (Wildman–Crippen MR) is 185 cm³/mol. The van der Waals surface area contributed by atoms with Crippen LogP contribution < -0.4 is 0 Å². The van der Waals surface area contributed by atoms with Crippen molar-refractivity contribution in [2.75, 3.05) is 26.4 Å². The number of aliphatic hydroxyl groups is 9. The van der Waals surface area contributed by atoms with Crippen LogP contribution in [0, 0.1) is 17.8 Å². The van der Waals surface area contributed by atoms with Crippen LogP contribution >= 0.6 is 0 Å². The average Bonchev–Trinajstić information content (AvgIpc) is 3.82. The third-order valence-corrected chi connectivity index (χ3v) is 11.1. The maximum absolute atomic E-state index is 14.0. The number of carbonyl (C=O) groups excluding carboxylic acids is 2. The first-order chi connectivity index (χ1) is 27.4. The molecular weight excluding hydrogens is 760 g/mol. The molecular formula is C38H46O19. The second kappa shape index (κ2) is 17.6. The van der Waals surface area contributed by atoms with Gasteiger partial charge in [-0.1, -0.05) is 18.2 Å². The van der Waals surface area contributed by atoms with Gasteiger partial charge in [0.2, 0.25) is 12.6 Å². The second-order valence-corrected chi connectivity index (χ2v) is 14.5. The number of rotatable bonds is 12. The van der Waals surface area contributed by atoms with Gasteiger partial charge < -0.3 is 83.9 Å². The quantitative estimate of drug-likeness (QED) is 0.0771. The fourth-order valence-corrected chi connectivity index (χ4v) is 8.03. The van der Waals surface area contributed by atoms with Gasteiger partial charge in [0.1, 0.15) is 61.5 Å². The van der Waals surface area contributed by atoms with E-state index in [1.165, 1.54) is 6.26 Å². The Morgan fingerprint density at radius 2 is 1.40 bits per heavy atom. The Kier molecular flexibility index (Phi) is 12.8. The second-order valence-electron chi connectivity index (χ2n) is 14.5. The molecule has 0 spiro atoms. The maximum atomic E-state index is 14.0. The molecule has 2 saturated heterocycles. The number of carbonyl (C=O) groups is 2. The third kappa shape index (κ3) is 8.13. The van der Waals surface area contributed by atoms with Crippen molar-refractivity contribution in [2.24, 2.45) is 17.8 Å². The van der Waals surface area contributed by atoms with Gasteiger partial charge in [-0.05, 0) is 48.3 Å². The highest BCUT2D eigenvalue weighted by atomic mass is 16.8. The predicted octanol–water partition coefficient (Wildman–Crippen LogP) is -2.63. The van der Waals surface area contributed by atoms with Crippen molar-refractivity contribution in [3.8, 4) is 0 Å². The van der Waals surface area contributed by atoms with Crippen LogP contribution in [0.5, 0.6) is 0 Å². The molecule has 1 aromatic carbocycles. The Bertz CT molecular complexity index is 1720. The number of fused-ring (bicyclic) bond motifs is 2. The lowest BCUT2D eigenvalue weighted by Gasteiger charge is -2.42. The van der Waals surface area contributed by atoms with Gasteiger partial charge in [-0.15, -0.1) is 0 Å². The zero-order valence-electron chi connectivity index (χ0n) is 30.3. The summed E-state index contributed by atoms with van der Waals surface area (Å²) < 4.78 is 46.2. The molecule has 312 valence electrons. The van der Waals surface area contributed by atoms with Crippen molar-refractivity contribution in [3.05, 3.63) is 82.9 Å². The Morgan fingerprint density at radius 3 is 2.04 bits per heavy atom. The smallest absolute Gasteiger partial charge is 0.338 e. The number of ether oxygens (including phenoxy) is 8. The van der Waals surface area contributed by atoms with Gasteiger partial charge in [-0.3, -0.25) is 0 Å². The standard InChI is InChI=1S/C38H46O19/c39-11-17-6-7-19-21(15-52-36(25(17)19)57-38-32(47)30(45)28(43)24(13-41)55-38)34(49)53-22-10-18(14-51-33(48)16-4-2-1-3-5-16)26-20(22)8-9-50-35(26)56-37-31(46)29(44)27(42)23(12-40)54-37/h1-5,8-10,15,19-20,22-24,26-32,35-47H,6-7,11-14H2/t19-,20+,22-,23-,24-,26-,27-,28-,29+,30+,31-,32-,35+,36+,37+,38+/m1/s1. The molecule has 0 amide bonds. The van der Waals surface area contributed by atoms with E-state index in [1.54, 1.807) is 42.5 Å². The molecule has 0 radical (unpaired) electrons. The molecule has 7 rings (SSSR count). The average molecular weight is 807 g/mol. The zero-order valence-corrected chi connectivity index (χ0v) is 30.3. The van der Waals surface area contributed by atoms with E-state index in [1.807, 2.05) is 0 Å². The van der Waals surface area contributed by atoms with Gasteiger partial charge in [0, 0.05) is 17.4 Å². The molecule has 6 aliphatic rings. The first kappa shape index (κ1) is 41.4. The topological polar surface area (TPSA) is 290 Å². The van der Waals surface area contributed by atoms with Crippen molar-refractivity contribution < 1.29 is 93.4 Å². The Balaban J connectivity index is 1.11. The SMILES string of the molecule is O=C(O[C@@H]1C=C(COC(=O)c2ccccc2)[C@H]2[C@H](O[C@@H]3O[C@H](CO)[C@@H](O)[C@H](O)[C@H]3O)OC=C[C@H]21)C1=CO[C@@H](O[C@@H]2O[C@H](CO)[C@@H](O)[C@H](O)[C@H]2O)C2=C(CO)CC[C@H]12. The Labute approximate surface area is 325 Å². The minimum atomic E-state index is -1.75. The van der Waals surface area contributed by atoms with E-state index in [0.29, 0.717) is 29.6 Å². The van der Waals surface area contributed by atoms with Crippen molar-refractivity contribution >= 4 is 11.9 Å². The monoisotopic (exact) mass is 806 g/mol. The Morgan fingerprint density at radius 1 is 0.754 bits per heavy atom. The minimum absolute atomic E-state index is 0.0705. The summed E-state index contributed by atoms with van der Waals surface area (Å²) in [6, 6.07) is 8.22. The van der Waals surface area contributed by atoms with Gasteiger partial charge in [0.25, 0.3) is 0 Å². The van der Waals surface area contributed by atoms with Crippen molar-refractivity contribution in [1.82, 2.24) is 0 Å². The van der Waals surface area contributed by atoms with Crippen LogP contribution in [0.2, 0.25) is 0 Å². The fourth-order valence-electron chi connectivity index (χ4n) is 8.03. The summed E-state index contributed by atoms with van der Waals surface area (Å²) in [6.07, 6.45) is -13.1. The van der Waals surface area contributed by atoms with Crippen LogP contribution in [0.1, 0.15) is 23.2 Å². The highest BCUT2D eigenvalue weighted by molar-refractivity contribution is 5.90. The van der Waals surface area contributed by atoms with E-state index in [9.17, 15) is 55.5 Å². The number of hydrogen-bond donors (Lipinski definition) is 9. The summed E-state index contributed by atoms with van der Waals surface area (Å²) in [6.45, 7) is -2.09. The molecule has 1 aromatic rings. The first-order valence-electron chi connectivity index (χ1n) is 18.5. The van der Waals surface area contributed by atoms with E-state index in [0.717, 1.165) is 6.26 Å². The van der Waals surface area contributed by atoms with Gasteiger partial charge in [-0.25, -0.2) is 9.59 Å². The number of esters is 2. The molecule has 19 nitrogen and oxygen atoms in total. The summed E-state index contributed by atoms with van der Waals surface area (Å²) >= 11 is 0. The van der Waals surface area contributed by atoms with Gasteiger partial charge in [0.05, 0.1) is 49.4 Å². The van der Waals surface area contributed by atoms with Crippen LogP contribution in [-0.2, 0) is 42.7 Å². The number of aliphatic hydroxyl groups excluding tert-OH is 9. The third-order valence-electron chi connectivity index (χ3n) is 11.1. The molecule has 4 heterocycles. The largest absolute Gasteiger partial charge is 0.472 e.